The van der Waals surface area contributed by atoms with E-state index in [0.717, 1.165) is 30.2 Å². The third-order valence-electron chi connectivity index (χ3n) is 5.16. The minimum atomic E-state index is -1.05. The van der Waals surface area contributed by atoms with Crippen molar-refractivity contribution in [3.63, 3.8) is 0 Å². The molecule has 0 spiro atoms. The van der Waals surface area contributed by atoms with Crippen LogP contribution in [0, 0.1) is 0 Å². The van der Waals surface area contributed by atoms with Gasteiger partial charge in [-0.1, -0.05) is 30.3 Å². The highest BCUT2D eigenvalue weighted by molar-refractivity contribution is 5.60. The second-order valence-electron chi connectivity index (χ2n) is 7.12. The molecule has 4 aromatic rings. The summed E-state index contributed by atoms with van der Waals surface area (Å²) in [6.45, 7) is 2.32. The summed E-state index contributed by atoms with van der Waals surface area (Å²) in [6.07, 6.45) is 0.825. The van der Waals surface area contributed by atoms with E-state index >= 15 is 0 Å². The number of aliphatic hydroxyl groups excluding tert-OH is 2. The highest BCUT2D eigenvalue weighted by Crippen LogP contribution is 2.24. The molecule has 9 nitrogen and oxygen atoms in total. The predicted octanol–water partition coefficient (Wildman–Crippen LogP) is 1.44. The Bertz CT molecular complexity index is 1150. The number of anilines is 1. The Labute approximate surface area is 172 Å². The summed E-state index contributed by atoms with van der Waals surface area (Å²) in [5.74, 6) is 1.49. The van der Waals surface area contributed by atoms with Crippen LogP contribution in [0.1, 0.15) is 11.8 Å². The standard InChI is InChI=1S/C21H22N6O3/c28-14-18(29)17-12-20-22-19(13-21(27(20)24-17)25-8-10-30-11-9-25)26-7-6-16(23-26)15-4-2-1-3-5-15/h1-7,12-13,18,28-29H,8-11,14H2. The maximum absolute atomic E-state index is 10.0. The van der Waals surface area contributed by atoms with Crippen LogP contribution in [0.2, 0.25) is 0 Å². The summed E-state index contributed by atoms with van der Waals surface area (Å²) >= 11 is 0. The average Bonchev–Trinajstić information content (AvgIpc) is 3.46. The van der Waals surface area contributed by atoms with E-state index in [4.69, 9.17) is 14.8 Å². The van der Waals surface area contributed by atoms with Crippen LogP contribution in [-0.4, -0.2) is 67.5 Å². The second-order valence-corrected chi connectivity index (χ2v) is 7.12. The van der Waals surface area contributed by atoms with Gasteiger partial charge in [0.2, 0.25) is 0 Å². The molecule has 1 fully saturated rings. The molecule has 154 valence electrons. The Morgan fingerprint density at radius 2 is 1.83 bits per heavy atom. The van der Waals surface area contributed by atoms with Crippen LogP contribution in [0.5, 0.6) is 0 Å². The largest absolute Gasteiger partial charge is 0.393 e. The molecular formula is C21H22N6O3. The van der Waals surface area contributed by atoms with Crippen molar-refractivity contribution < 1.29 is 14.9 Å². The third-order valence-corrected chi connectivity index (χ3v) is 5.16. The summed E-state index contributed by atoms with van der Waals surface area (Å²) in [5, 5.41) is 28.5. The van der Waals surface area contributed by atoms with Gasteiger partial charge in [-0.15, -0.1) is 0 Å². The van der Waals surface area contributed by atoms with Gasteiger partial charge in [0.1, 0.15) is 11.9 Å². The number of nitrogens with zero attached hydrogens (tertiary/aromatic N) is 6. The number of hydrogen-bond donors (Lipinski definition) is 2. The first-order chi connectivity index (χ1) is 14.7. The predicted molar refractivity (Wildman–Crippen MR) is 111 cm³/mol. The molecule has 30 heavy (non-hydrogen) atoms. The first kappa shape index (κ1) is 18.7. The van der Waals surface area contributed by atoms with Gasteiger partial charge >= 0.3 is 0 Å². The second kappa shape index (κ2) is 7.86. The summed E-state index contributed by atoms with van der Waals surface area (Å²) in [4.78, 5) is 6.87. The number of aromatic nitrogens is 5. The van der Waals surface area contributed by atoms with Crippen LogP contribution in [0.25, 0.3) is 22.7 Å². The molecule has 0 radical (unpaired) electrons. The van der Waals surface area contributed by atoms with E-state index in [1.54, 1.807) is 15.3 Å². The highest BCUT2D eigenvalue weighted by Gasteiger charge is 2.20. The first-order valence-corrected chi connectivity index (χ1v) is 9.87. The zero-order chi connectivity index (χ0) is 20.5. The van der Waals surface area contributed by atoms with Crippen LogP contribution in [0.3, 0.4) is 0 Å². The molecule has 5 rings (SSSR count). The summed E-state index contributed by atoms with van der Waals surface area (Å²) in [6, 6.07) is 15.5. The number of morpholine rings is 1. The Hall–Kier alpha value is -3.27. The fourth-order valence-corrected chi connectivity index (χ4v) is 3.57. The van der Waals surface area contributed by atoms with E-state index in [1.165, 1.54) is 0 Å². The van der Waals surface area contributed by atoms with Gasteiger partial charge in [0.25, 0.3) is 0 Å². The number of fused-ring (bicyclic) bond motifs is 1. The molecule has 1 saturated heterocycles. The summed E-state index contributed by atoms with van der Waals surface area (Å²) < 4.78 is 8.92. The number of hydrogen-bond acceptors (Lipinski definition) is 7. The SMILES string of the molecule is OCC(O)c1cc2nc(-n3ccc(-c4ccccc4)n3)cc(N3CCOCC3)n2n1. The van der Waals surface area contributed by atoms with E-state index in [-0.39, 0.29) is 0 Å². The van der Waals surface area contributed by atoms with Gasteiger partial charge in [-0.05, 0) is 6.07 Å². The highest BCUT2D eigenvalue weighted by atomic mass is 16.5. The Balaban J connectivity index is 1.61. The molecule has 1 aliphatic heterocycles. The van der Waals surface area contributed by atoms with Crippen molar-refractivity contribution in [2.24, 2.45) is 0 Å². The molecule has 1 atom stereocenters. The molecule has 0 saturated carbocycles. The topological polar surface area (TPSA) is 101 Å². The molecule has 1 aromatic carbocycles. The Morgan fingerprint density at radius 1 is 1.03 bits per heavy atom. The maximum atomic E-state index is 10.0. The van der Waals surface area contributed by atoms with E-state index in [1.807, 2.05) is 48.7 Å². The molecule has 1 aliphatic rings. The molecule has 9 heteroatoms. The van der Waals surface area contributed by atoms with Crippen molar-refractivity contribution in [3.05, 3.63) is 60.4 Å². The molecule has 1 unspecified atom stereocenters. The monoisotopic (exact) mass is 406 g/mol. The molecule has 2 N–H and O–H groups in total. The van der Waals surface area contributed by atoms with E-state index in [0.29, 0.717) is 30.4 Å². The van der Waals surface area contributed by atoms with Crippen LogP contribution < -0.4 is 4.90 Å². The normalized spacial score (nSPS) is 15.6. The van der Waals surface area contributed by atoms with Crippen molar-refractivity contribution in [2.45, 2.75) is 6.10 Å². The number of benzene rings is 1. The first-order valence-electron chi connectivity index (χ1n) is 9.87. The van der Waals surface area contributed by atoms with Crippen molar-refractivity contribution in [1.82, 2.24) is 24.4 Å². The number of ether oxygens (including phenoxy) is 1. The van der Waals surface area contributed by atoms with Crippen molar-refractivity contribution in [2.75, 3.05) is 37.8 Å². The summed E-state index contributed by atoms with van der Waals surface area (Å²) in [7, 11) is 0. The molecule has 4 heterocycles. The van der Waals surface area contributed by atoms with Crippen molar-refractivity contribution >= 4 is 11.5 Å². The minimum absolute atomic E-state index is 0.377. The van der Waals surface area contributed by atoms with E-state index in [2.05, 4.69) is 10.00 Å². The van der Waals surface area contributed by atoms with Gasteiger partial charge in [0.05, 0.1) is 31.2 Å². The lowest BCUT2D eigenvalue weighted by atomic mass is 10.2. The quantitative estimate of drug-likeness (QED) is 0.517. The minimum Gasteiger partial charge on any atom is -0.393 e. The third kappa shape index (κ3) is 3.43. The lowest BCUT2D eigenvalue weighted by molar-refractivity contribution is 0.0920. The van der Waals surface area contributed by atoms with Gasteiger partial charge in [-0.25, -0.2) is 9.67 Å². The fourth-order valence-electron chi connectivity index (χ4n) is 3.57. The maximum Gasteiger partial charge on any atom is 0.160 e. The summed E-state index contributed by atoms with van der Waals surface area (Å²) in [5.41, 5.74) is 2.84. The van der Waals surface area contributed by atoms with Crippen LogP contribution in [0.4, 0.5) is 5.82 Å². The van der Waals surface area contributed by atoms with Crippen LogP contribution >= 0.6 is 0 Å². The lowest BCUT2D eigenvalue weighted by Gasteiger charge is -2.29. The number of rotatable bonds is 5. The van der Waals surface area contributed by atoms with Gasteiger partial charge < -0.3 is 19.8 Å². The van der Waals surface area contributed by atoms with Crippen LogP contribution in [-0.2, 0) is 4.74 Å². The average molecular weight is 406 g/mol. The van der Waals surface area contributed by atoms with Gasteiger partial charge in [0.15, 0.2) is 11.5 Å². The van der Waals surface area contributed by atoms with Crippen LogP contribution in [0.15, 0.2) is 54.7 Å². The van der Waals surface area contributed by atoms with Gasteiger partial charge in [-0.2, -0.15) is 14.7 Å². The van der Waals surface area contributed by atoms with Gasteiger partial charge in [-0.3, -0.25) is 0 Å². The Kier molecular flexibility index (Phi) is 4.91. The lowest BCUT2D eigenvalue weighted by Crippen LogP contribution is -2.37. The smallest absolute Gasteiger partial charge is 0.160 e. The van der Waals surface area contributed by atoms with E-state index in [9.17, 15) is 10.2 Å². The molecular weight excluding hydrogens is 384 g/mol. The molecule has 0 aliphatic carbocycles. The molecule has 0 amide bonds. The van der Waals surface area contributed by atoms with Crippen molar-refractivity contribution in [3.8, 4) is 17.1 Å². The van der Waals surface area contributed by atoms with E-state index < -0.39 is 12.7 Å². The molecule has 0 bridgehead atoms. The zero-order valence-electron chi connectivity index (χ0n) is 16.3. The van der Waals surface area contributed by atoms with Crippen molar-refractivity contribution in [1.29, 1.82) is 0 Å². The number of aliphatic hydroxyl groups is 2. The van der Waals surface area contributed by atoms with Gasteiger partial charge in [0, 0.05) is 37.0 Å². The Morgan fingerprint density at radius 3 is 2.60 bits per heavy atom. The molecule has 3 aromatic heterocycles. The zero-order valence-corrected chi connectivity index (χ0v) is 16.3. The fraction of sp³-hybridized carbons (Fsp3) is 0.286.